The van der Waals surface area contributed by atoms with Crippen molar-refractivity contribution in [2.75, 3.05) is 25.6 Å². The van der Waals surface area contributed by atoms with E-state index in [2.05, 4.69) is 22.5 Å². The molecule has 0 aliphatic carbocycles. The Morgan fingerprint density at radius 2 is 2.38 bits per heavy atom. The number of fused-ring (bicyclic) bond motifs is 1. The Labute approximate surface area is 125 Å². The molecule has 1 saturated heterocycles. The number of hydrogen-bond acceptors (Lipinski definition) is 4. The number of nitrogens with two attached hydrogens (primary N) is 1. The molecule has 0 amide bonds. The molecule has 0 saturated carbocycles. The number of benzene rings is 1. The van der Waals surface area contributed by atoms with E-state index in [1.54, 1.807) is 0 Å². The largest absolute Gasteiger partial charge is 0.491 e. The van der Waals surface area contributed by atoms with Crippen LogP contribution in [0.1, 0.15) is 26.2 Å². The number of para-hydroxylation sites is 1. The molecule has 5 nitrogen and oxygen atoms in total. The summed E-state index contributed by atoms with van der Waals surface area (Å²) in [5.74, 6) is 1.89. The van der Waals surface area contributed by atoms with Gasteiger partial charge in [-0.25, -0.2) is 4.98 Å². The Hall–Kier alpha value is -1.75. The number of anilines is 1. The Kier molecular flexibility index (Phi) is 4.29. The van der Waals surface area contributed by atoms with Crippen molar-refractivity contribution in [2.45, 2.75) is 32.7 Å². The molecule has 1 atom stereocenters. The van der Waals surface area contributed by atoms with E-state index in [9.17, 15) is 0 Å². The molecule has 1 aliphatic rings. The third-order valence-corrected chi connectivity index (χ3v) is 3.93. The van der Waals surface area contributed by atoms with Gasteiger partial charge in [0.05, 0.1) is 18.7 Å². The number of nitrogen functional groups attached to an aromatic ring is 1. The minimum Gasteiger partial charge on any atom is -0.491 e. The molecule has 5 heteroatoms. The van der Waals surface area contributed by atoms with Gasteiger partial charge in [0.25, 0.3) is 0 Å². The lowest BCUT2D eigenvalue weighted by molar-refractivity contribution is 0.0490. The first-order valence-electron chi connectivity index (χ1n) is 7.75. The Morgan fingerprint density at radius 1 is 1.48 bits per heavy atom. The first-order chi connectivity index (χ1) is 10.3. The molecule has 2 N–H and O–H groups in total. The molecule has 0 spiro atoms. The van der Waals surface area contributed by atoms with E-state index in [4.69, 9.17) is 15.2 Å². The summed E-state index contributed by atoms with van der Waals surface area (Å²) in [6.07, 6.45) is 3.29. The van der Waals surface area contributed by atoms with Crippen LogP contribution in [0.15, 0.2) is 18.2 Å². The number of ether oxygens (including phenoxy) is 2. The molecule has 2 heterocycles. The van der Waals surface area contributed by atoms with Gasteiger partial charge in [0.1, 0.15) is 11.3 Å². The molecule has 1 fully saturated rings. The summed E-state index contributed by atoms with van der Waals surface area (Å²) in [6, 6.07) is 6.02. The Bertz CT molecular complexity index is 603. The summed E-state index contributed by atoms with van der Waals surface area (Å²) in [5, 5.41) is 0. The fraction of sp³-hybridized carbons (Fsp3) is 0.562. The van der Waals surface area contributed by atoms with Crippen molar-refractivity contribution < 1.29 is 9.47 Å². The maximum atomic E-state index is 6.12. The van der Waals surface area contributed by atoms with Crippen LogP contribution in [-0.2, 0) is 11.3 Å². The number of nitrogens with zero attached hydrogens (tertiary/aromatic N) is 2. The van der Waals surface area contributed by atoms with Crippen LogP contribution < -0.4 is 10.5 Å². The fourth-order valence-electron chi connectivity index (χ4n) is 2.87. The highest BCUT2D eigenvalue weighted by Crippen LogP contribution is 2.29. The van der Waals surface area contributed by atoms with Gasteiger partial charge in [-0.3, -0.25) is 0 Å². The number of hydrogen-bond donors (Lipinski definition) is 1. The first kappa shape index (κ1) is 14.2. The quantitative estimate of drug-likeness (QED) is 0.919. The lowest BCUT2D eigenvalue weighted by Crippen LogP contribution is -2.22. The van der Waals surface area contributed by atoms with Crippen molar-refractivity contribution in [1.29, 1.82) is 0 Å². The Morgan fingerprint density at radius 3 is 3.14 bits per heavy atom. The van der Waals surface area contributed by atoms with Gasteiger partial charge in [0.15, 0.2) is 0 Å². The number of aromatic nitrogens is 2. The standard InChI is InChI=1S/C16H23N3O2/c1-2-8-21-14-7-3-6-13-15(14)18-16(17)19(13)10-12-5-4-9-20-11-12/h3,6-7,12H,2,4-5,8-11H2,1H3,(H2,17,18). The lowest BCUT2D eigenvalue weighted by Gasteiger charge is -2.23. The summed E-state index contributed by atoms with van der Waals surface area (Å²) in [6.45, 7) is 5.34. The van der Waals surface area contributed by atoms with Gasteiger partial charge in [-0.1, -0.05) is 13.0 Å². The Balaban J connectivity index is 1.89. The smallest absolute Gasteiger partial charge is 0.201 e. The average molecular weight is 289 g/mol. The third-order valence-electron chi connectivity index (χ3n) is 3.93. The van der Waals surface area contributed by atoms with Crippen LogP contribution in [0.4, 0.5) is 5.95 Å². The molecule has 1 aromatic heterocycles. The summed E-state index contributed by atoms with van der Waals surface area (Å²) in [4.78, 5) is 4.51. The molecule has 3 rings (SSSR count). The number of rotatable bonds is 5. The maximum absolute atomic E-state index is 6.12. The predicted molar refractivity (Wildman–Crippen MR) is 83.5 cm³/mol. The fourth-order valence-corrected chi connectivity index (χ4v) is 2.87. The van der Waals surface area contributed by atoms with E-state index in [0.717, 1.165) is 49.4 Å². The molecule has 1 unspecified atom stereocenters. The SMILES string of the molecule is CCCOc1cccc2c1nc(N)n2CC1CCCOC1. The monoisotopic (exact) mass is 289 g/mol. The van der Waals surface area contributed by atoms with E-state index in [-0.39, 0.29) is 0 Å². The van der Waals surface area contributed by atoms with Gasteiger partial charge in [0, 0.05) is 19.1 Å². The van der Waals surface area contributed by atoms with Crippen LogP contribution in [0.25, 0.3) is 11.0 Å². The van der Waals surface area contributed by atoms with Crippen molar-refractivity contribution in [3.05, 3.63) is 18.2 Å². The second-order valence-corrected chi connectivity index (χ2v) is 5.64. The summed E-state index contributed by atoms with van der Waals surface area (Å²) in [5.41, 5.74) is 8.03. The summed E-state index contributed by atoms with van der Waals surface area (Å²) < 4.78 is 13.4. The van der Waals surface area contributed by atoms with E-state index >= 15 is 0 Å². The second kappa shape index (κ2) is 6.35. The third kappa shape index (κ3) is 2.97. The highest BCUT2D eigenvalue weighted by Gasteiger charge is 2.18. The minimum atomic E-state index is 0.513. The normalized spacial score (nSPS) is 19.0. The predicted octanol–water partition coefficient (Wildman–Crippen LogP) is 2.83. The lowest BCUT2D eigenvalue weighted by atomic mass is 10.0. The van der Waals surface area contributed by atoms with E-state index in [1.807, 2.05) is 12.1 Å². The van der Waals surface area contributed by atoms with Gasteiger partial charge in [-0.05, 0) is 31.4 Å². The average Bonchev–Trinajstić information content (AvgIpc) is 2.83. The topological polar surface area (TPSA) is 62.3 Å². The molecular formula is C16H23N3O2. The van der Waals surface area contributed by atoms with Gasteiger partial charge in [-0.2, -0.15) is 0 Å². The molecule has 1 aliphatic heterocycles. The minimum absolute atomic E-state index is 0.513. The van der Waals surface area contributed by atoms with Gasteiger partial charge >= 0.3 is 0 Å². The van der Waals surface area contributed by atoms with Crippen molar-refractivity contribution in [2.24, 2.45) is 5.92 Å². The molecule has 114 valence electrons. The molecule has 0 bridgehead atoms. The van der Waals surface area contributed by atoms with Crippen molar-refractivity contribution in [1.82, 2.24) is 9.55 Å². The first-order valence-corrected chi connectivity index (χ1v) is 7.75. The van der Waals surface area contributed by atoms with Gasteiger partial charge in [-0.15, -0.1) is 0 Å². The van der Waals surface area contributed by atoms with Crippen LogP contribution in [-0.4, -0.2) is 29.4 Å². The second-order valence-electron chi connectivity index (χ2n) is 5.64. The van der Waals surface area contributed by atoms with Crippen LogP contribution in [0, 0.1) is 5.92 Å². The van der Waals surface area contributed by atoms with Crippen molar-refractivity contribution >= 4 is 17.0 Å². The summed E-state index contributed by atoms with van der Waals surface area (Å²) >= 11 is 0. The van der Waals surface area contributed by atoms with Crippen LogP contribution in [0.3, 0.4) is 0 Å². The zero-order valence-electron chi connectivity index (χ0n) is 12.5. The highest BCUT2D eigenvalue weighted by molar-refractivity contribution is 5.84. The summed E-state index contributed by atoms with van der Waals surface area (Å²) in [7, 11) is 0. The highest BCUT2D eigenvalue weighted by atomic mass is 16.5. The van der Waals surface area contributed by atoms with Crippen molar-refractivity contribution in [3.8, 4) is 5.75 Å². The maximum Gasteiger partial charge on any atom is 0.201 e. The zero-order valence-corrected chi connectivity index (χ0v) is 12.5. The van der Waals surface area contributed by atoms with Crippen LogP contribution >= 0.6 is 0 Å². The van der Waals surface area contributed by atoms with Crippen LogP contribution in [0.2, 0.25) is 0 Å². The van der Waals surface area contributed by atoms with E-state index in [0.29, 0.717) is 18.5 Å². The van der Waals surface area contributed by atoms with E-state index in [1.165, 1.54) is 6.42 Å². The zero-order chi connectivity index (χ0) is 14.7. The number of imidazole rings is 1. The molecule has 0 radical (unpaired) electrons. The molecular weight excluding hydrogens is 266 g/mol. The van der Waals surface area contributed by atoms with Crippen molar-refractivity contribution in [3.63, 3.8) is 0 Å². The van der Waals surface area contributed by atoms with Gasteiger partial charge in [0.2, 0.25) is 5.95 Å². The molecule has 21 heavy (non-hydrogen) atoms. The van der Waals surface area contributed by atoms with Crippen LogP contribution in [0.5, 0.6) is 5.75 Å². The molecule has 1 aromatic carbocycles. The van der Waals surface area contributed by atoms with E-state index < -0.39 is 0 Å². The van der Waals surface area contributed by atoms with Gasteiger partial charge < -0.3 is 19.8 Å². The molecule has 2 aromatic rings.